The van der Waals surface area contributed by atoms with E-state index >= 15 is 0 Å². The van der Waals surface area contributed by atoms with Crippen LogP contribution < -0.4 is 0 Å². The summed E-state index contributed by atoms with van der Waals surface area (Å²) in [7, 11) is 0. The number of hydrogen-bond donors (Lipinski definition) is 1. The average Bonchev–Trinajstić information content (AvgIpc) is 2.21. The van der Waals surface area contributed by atoms with E-state index in [0.717, 1.165) is 0 Å². The van der Waals surface area contributed by atoms with E-state index in [4.69, 9.17) is 5.11 Å². The first-order chi connectivity index (χ1) is 8.91. The van der Waals surface area contributed by atoms with Crippen molar-refractivity contribution in [3.63, 3.8) is 0 Å². The number of aromatic hydroxyl groups is 1. The number of halogens is 7. The van der Waals surface area contributed by atoms with Crippen molar-refractivity contribution in [3.05, 3.63) is 29.6 Å². The van der Waals surface area contributed by atoms with Crippen molar-refractivity contribution >= 4 is 11.8 Å². The summed E-state index contributed by atoms with van der Waals surface area (Å²) >= 11 is -0.183. The molecule has 0 aliphatic heterocycles. The van der Waals surface area contributed by atoms with Gasteiger partial charge in [-0.2, -0.15) is 26.3 Å². The fourth-order valence-electron chi connectivity index (χ4n) is 0.901. The third kappa shape index (κ3) is 10.8. The molecule has 0 bridgehead atoms. The molecule has 1 N–H and O–H groups in total. The summed E-state index contributed by atoms with van der Waals surface area (Å²) in [6.07, 6.45) is -9.04. The summed E-state index contributed by atoms with van der Waals surface area (Å²) < 4.78 is 79.7. The van der Waals surface area contributed by atoms with Crippen LogP contribution in [0.1, 0.15) is 5.56 Å². The highest BCUT2D eigenvalue weighted by atomic mass is 32.2. The maximum Gasteiger partial charge on any atom is 0.397 e. The van der Waals surface area contributed by atoms with E-state index in [1.165, 1.54) is 18.2 Å². The van der Waals surface area contributed by atoms with Crippen LogP contribution in [0, 0.1) is 12.7 Å². The Hall–Kier alpha value is -1.12. The molecule has 0 aromatic heterocycles. The molecule has 1 rings (SSSR count). The van der Waals surface area contributed by atoms with Gasteiger partial charge in [-0.3, -0.25) is 0 Å². The molecule has 20 heavy (non-hydrogen) atoms. The van der Waals surface area contributed by atoms with Crippen LogP contribution in [0.15, 0.2) is 18.2 Å². The van der Waals surface area contributed by atoms with E-state index < -0.39 is 23.9 Å². The Balaban J connectivity index is 0.000000367. The van der Waals surface area contributed by atoms with Gasteiger partial charge in [0.05, 0.1) is 11.5 Å². The Morgan fingerprint density at radius 1 is 1.00 bits per heavy atom. The Kier molecular flexibility index (Phi) is 7.18. The molecule has 1 nitrogen and oxygen atoms in total. The predicted octanol–water partition coefficient (Wildman–Crippen LogP) is 4.68. The van der Waals surface area contributed by atoms with E-state index in [1.807, 2.05) is 0 Å². The molecule has 116 valence electrons. The average molecular weight is 324 g/mol. The van der Waals surface area contributed by atoms with E-state index in [0.29, 0.717) is 5.56 Å². The van der Waals surface area contributed by atoms with Crippen molar-refractivity contribution in [2.75, 3.05) is 11.5 Å². The zero-order chi connectivity index (χ0) is 16.0. The van der Waals surface area contributed by atoms with Crippen molar-refractivity contribution in [2.45, 2.75) is 19.3 Å². The first-order valence-electron chi connectivity index (χ1n) is 5.07. The number of benzene rings is 1. The molecular formula is C11H11F7OS. The Bertz CT molecular complexity index is 400. The zero-order valence-electron chi connectivity index (χ0n) is 10.1. The van der Waals surface area contributed by atoms with Crippen molar-refractivity contribution in [1.82, 2.24) is 0 Å². The van der Waals surface area contributed by atoms with E-state index in [-0.39, 0.29) is 23.3 Å². The second-order valence-electron chi connectivity index (χ2n) is 3.65. The summed E-state index contributed by atoms with van der Waals surface area (Å²) in [6, 6.07) is 3.85. The maximum absolute atomic E-state index is 12.2. The second kappa shape index (κ2) is 7.61. The van der Waals surface area contributed by atoms with E-state index in [1.54, 1.807) is 6.92 Å². The van der Waals surface area contributed by atoms with Crippen molar-refractivity contribution in [3.8, 4) is 5.75 Å². The summed E-state index contributed by atoms with van der Waals surface area (Å²) in [5.74, 6) is -3.08. The molecule has 0 heterocycles. The fraction of sp³-hybridized carbons (Fsp3) is 0.455. The van der Waals surface area contributed by atoms with Crippen molar-refractivity contribution < 1.29 is 35.8 Å². The second-order valence-corrected chi connectivity index (χ2v) is 4.64. The Morgan fingerprint density at radius 3 is 1.75 bits per heavy atom. The first kappa shape index (κ1) is 18.9. The van der Waals surface area contributed by atoms with Gasteiger partial charge in [0.1, 0.15) is 11.6 Å². The summed E-state index contributed by atoms with van der Waals surface area (Å²) in [4.78, 5) is 0. The van der Waals surface area contributed by atoms with Gasteiger partial charge >= 0.3 is 12.4 Å². The number of alkyl halides is 6. The molecule has 0 unspecified atom stereocenters. The molecule has 0 fully saturated rings. The minimum Gasteiger partial charge on any atom is -0.508 e. The standard InChI is InChI=1S/C7H7FO.C4H4F6S/c1-5-4-6(8)2-3-7(5)9;5-3(6,7)1-11-2-4(8,9)10/h2-4,9H,1H3;1-2H2. The number of aryl methyl sites for hydroxylation is 1. The van der Waals surface area contributed by atoms with Gasteiger partial charge in [-0.25, -0.2) is 4.39 Å². The topological polar surface area (TPSA) is 20.2 Å². The van der Waals surface area contributed by atoms with Gasteiger partial charge < -0.3 is 5.11 Å². The van der Waals surface area contributed by atoms with Crippen LogP contribution in [-0.4, -0.2) is 29.0 Å². The first-order valence-corrected chi connectivity index (χ1v) is 6.22. The summed E-state index contributed by atoms with van der Waals surface area (Å²) in [6.45, 7) is 1.65. The highest BCUT2D eigenvalue weighted by molar-refractivity contribution is 7.99. The molecule has 9 heteroatoms. The SMILES string of the molecule is Cc1cc(F)ccc1O.FC(F)(F)CSCC(F)(F)F. The predicted molar refractivity (Wildman–Crippen MR) is 62.2 cm³/mol. The van der Waals surface area contributed by atoms with Crippen LogP contribution >= 0.6 is 11.8 Å². The van der Waals surface area contributed by atoms with Gasteiger partial charge in [-0.15, -0.1) is 11.8 Å². The largest absolute Gasteiger partial charge is 0.508 e. The molecule has 0 aliphatic rings. The highest BCUT2D eigenvalue weighted by Gasteiger charge is 2.32. The minimum absolute atomic E-state index is 0.136. The van der Waals surface area contributed by atoms with Gasteiger partial charge in [0.2, 0.25) is 0 Å². The molecule has 1 aromatic rings. The highest BCUT2D eigenvalue weighted by Crippen LogP contribution is 2.26. The van der Waals surface area contributed by atoms with Crippen LogP contribution in [0.2, 0.25) is 0 Å². The minimum atomic E-state index is -4.52. The van der Waals surface area contributed by atoms with Gasteiger partial charge in [0.25, 0.3) is 0 Å². The molecule has 1 aromatic carbocycles. The normalized spacial score (nSPS) is 11.8. The van der Waals surface area contributed by atoms with Crippen LogP contribution in [0.3, 0.4) is 0 Å². The summed E-state index contributed by atoms with van der Waals surface area (Å²) in [5.41, 5.74) is 0.565. The van der Waals surface area contributed by atoms with Gasteiger partial charge in [-0.1, -0.05) is 0 Å². The van der Waals surface area contributed by atoms with Crippen LogP contribution in [0.25, 0.3) is 0 Å². The number of thioether (sulfide) groups is 1. The Labute approximate surface area is 114 Å². The number of rotatable bonds is 2. The number of hydrogen-bond acceptors (Lipinski definition) is 2. The maximum atomic E-state index is 12.2. The third-order valence-corrected chi connectivity index (χ3v) is 2.75. The molecule has 0 atom stereocenters. The van der Waals surface area contributed by atoms with Gasteiger partial charge in [-0.05, 0) is 30.7 Å². The molecule has 0 spiro atoms. The third-order valence-electron chi connectivity index (χ3n) is 1.69. The lowest BCUT2D eigenvalue weighted by atomic mass is 10.2. The van der Waals surface area contributed by atoms with Crippen molar-refractivity contribution in [1.29, 1.82) is 0 Å². The lowest BCUT2D eigenvalue weighted by Gasteiger charge is -2.07. The molecule has 0 saturated carbocycles. The van der Waals surface area contributed by atoms with Crippen molar-refractivity contribution in [2.24, 2.45) is 0 Å². The lowest BCUT2D eigenvalue weighted by molar-refractivity contribution is -0.109. The lowest BCUT2D eigenvalue weighted by Crippen LogP contribution is -2.16. The molecule has 0 saturated heterocycles. The van der Waals surface area contributed by atoms with Gasteiger partial charge in [0, 0.05) is 0 Å². The van der Waals surface area contributed by atoms with E-state index in [9.17, 15) is 30.7 Å². The van der Waals surface area contributed by atoms with E-state index in [2.05, 4.69) is 0 Å². The van der Waals surface area contributed by atoms with Crippen LogP contribution in [0.4, 0.5) is 30.7 Å². The molecule has 0 amide bonds. The zero-order valence-corrected chi connectivity index (χ0v) is 11.0. The molecule has 0 radical (unpaired) electrons. The van der Waals surface area contributed by atoms with Crippen LogP contribution in [0.5, 0.6) is 5.75 Å². The smallest absolute Gasteiger partial charge is 0.397 e. The number of phenols is 1. The van der Waals surface area contributed by atoms with Crippen LogP contribution in [-0.2, 0) is 0 Å². The fourth-order valence-corrected chi connectivity index (χ4v) is 1.47. The number of phenolic OH excluding ortho intramolecular Hbond substituents is 1. The Morgan fingerprint density at radius 2 is 1.45 bits per heavy atom. The monoisotopic (exact) mass is 324 g/mol. The summed E-state index contributed by atoms with van der Waals surface area (Å²) in [5, 5.41) is 8.88. The molecule has 0 aliphatic carbocycles. The quantitative estimate of drug-likeness (QED) is 0.797. The molecular weight excluding hydrogens is 313 g/mol. The van der Waals surface area contributed by atoms with Gasteiger partial charge in [0.15, 0.2) is 0 Å².